The van der Waals surface area contributed by atoms with Crippen LogP contribution in [-0.4, -0.2) is 31.1 Å². The highest BCUT2D eigenvalue weighted by atomic mass is 16.5. The van der Waals surface area contributed by atoms with Crippen LogP contribution < -0.4 is 15.0 Å². The second kappa shape index (κ2) is 7.34. The summed E-state index contributed by atoms with van der Waals surface area (Å²) >= 11 is 0. The number of methoxy groups -OCH3 is 1. The summed E-state index contributed by atoms with van der Waals surface area (Å²) in [5.41, 5.74) is 2.52. The van der Waals surface area contributed by atoms with Crippen molar-refractivity contribution in [2.24, 2.45) is 5.92 Å². The number of piperidine rings is 1. The Morgan fingerprint density at radius 1 is 1.21 bits per heavy atom. The first kappa shape index (κ1) is 16.3. The van der Waals surface area contributed by atoms with Gasteiger partial charge in [0, 0.05) is 42.3 Å². The van der Waals surface area contributed by atoms with Crippen LogP contribution in [0.15, 0.2) is 42.6 Å². The van der Waals surface area contributed by atoms with Gasteiger partial charge in [0.25, 0.3) is 5.91 Å². The van der Waals surface area contributed by atoms with Gasteiger partial charge in [0.1, 0.15) is 0 Å². The minimum atomic E-state index is -0.171. The number of amides is 1. The van der Waals surface area contributed by atoms with Gasteiger partial charge in [0.05, 0.1) is 7.11 Å². The van der Waals surface area contributed by atoms with E-state index < -0.39 is 0 Å². The highest BCUT2D eigenvalue weighted by Crippen LogP contribution is 2.24. The molecule has 0 radical (unpaired) electrons. The Morgan fingerprint density at radius 3 is 2.58 bits per heavy atom. The number of hydrogen-bond donors (Lipinski definition) is 1. The minimum Gasteiger partial charge on any atom is -0.481 e. The third kappa shape index (κ3) is 3.85. The van der Waals surface area contributed by atoms with Gasteiger partial charge in [-0.25, -0.2) is 4.98 Å². The first-order chi connectivity index (χ1) is 11.7. The van der Waals surface area contributed by atoms with Crippen molar-refractivity contribution >= 4 is 17.3 Å². The van der Waals surface area contributed by atoms with Crippen molar-refractivity contribution < 1.29 is 9.53 Å². The number of pyridine rings is 1. The fourth-order valence-corrected chi connectivity index (χ4v) is 2.89. The van der Waals surface area contributed by atoms with Crippen LogP contribution in [0.2, 0.25) is 0 Å². The molecule has 5 heteroatoms. The maximum absolute atomic E-state index is 12.3. The van der Waals surface area contributed by atoms with Crippen molar-refractivity contribution in [2.45, 2.75) is 19.8 Å². The number of carbonyl (C=O) groups excluding carboxylic acids is 1. The molecule has 24 heavy (non-hydrogen) atoms. The van der Waals surface area contributed by atoms with E-state index in [2.05, 4.69) is 34.3 Å². The van der Waals surface area contributed by atoms with Crippen LogP contribution in [0.3, 0.4) is 0 Å². The predicted molar refractivity (Wildman–Crippen MR) is 95.8 cm³/mol. The highest BCUT2D eigenvalue weighted by Gasteiger charge is 2.16. The molecule has 0 saturated carbocycles. The Balaban J connectivity index is 1.64. The van der Waals surface area contributed by atoms with Gasteiger partial charge in [-0.05, 0) is 49.1 Å². The predicted octanol–water partition coefficient (Wildman–Crippen LogP) is 3.58. The van der Waals surface area contributed by atoms with E-state index in [1.165, 1.54) is 25.6 Å². The summed E-state index contributed by atoms with van der Waals surface area (Å²) in [4.78, 5) is 18.7. The van der Waals surface area contributed by atoms with E-state index in [0.717, 1.165) is 24.7 Å². The number of benzene rings is 1. The molecule has 3 rings (SSSR count). The number of rotatable bonds is 4. The second-order valence-corrected chi connectivity index (χ2v) is 6.26. The lowest BCUT2D eigenvalue weighted by Crippen LogP contribution is -2.32. The van der Waals surface area contributed by atoms with Gasteiger partial charge in [0.2, 0.25) is 5.88 Å². The van der Waals surface area contributed by atoms with Crippen LogP contribution in [0, 0.1) is 5.92 Å². The minimum absolute atomic E-state index is 0.171. The molecular weight excluding hydrogens is 302 g/mol. The lowest BCUT2D eigenvalue weighted by molar-refractivity contribution is 0.102. The first-order valence-corrected chi connectivity index (χ1v) is 8.32. The lowest BCUT2D eigenvalue weighted by Gasteiger charge is -2.32. The fraction of sp³-hybridized carbons (Fsp3) is 0.368. The standard InChI is InChI=1S/C19H23N3O2/c1-14-8-11-22(12-9-14)17-5-3-16(4-6-17)21-19(23)15-7-10-20-18(13-15)24-2/h3-7,10,13-14H,8-9,11-12H2,1-2H3,(H,21,23). The molecule has 0 aliphatic carbocycles. The normalized spacial score (nSPS) is 15.2. The summed E-state index contributed by atoms with van der Waals surface area (Å²) in [5, 5.41) is 2.91. The van der Waals surface area contributed by atoms with Crippen LogP contribution in [0.25, 0.3) is 0 Å². The van der Waals surface area contributed by atoms with Gasteiger partial charge >= 0.3 is 0 Å². The maximum Gasteiger partial charge on any atom is 0.255 e. The van der Waals surface area contributed by atoms with Crippen LogP contribution in [0.4, 0.5) is 11.4 Å². The quantitative estimate of drug-likeness (QED) is 0.933. The molecule has 5 nitrogen and oxygen atoms in total. The zero-order valence-electron chi connectivity index (χ0n) is 14.2. The van der Waals surface area contributed by atoms with Crippen molar-refractivity contribution in [3.8, 4) is 5.88 Å². The van der Waals surface area contributed by atoms with E-state index in [-0.39, 0.29) is 5.91 Å². The summed E-state index contributed by atoms with van der Waals surface area (Å²) in [6, 6.07) is 11.3. The summed E-state index contributed by atoms with van der Waals surface area (Å²) in [7, 11) is 1.53. The van der Waals surface area contributed by atoms with Gasteiger partial charge < -0.3 is 15.0 Å². The number of anilines is 2. The Labute approximate surface area is 142 Å². The van der Waals surface area contributed by atoms with Crippen molar-refractivity contribution in [3.63, 3.8) is 0 Å². The average Bonchev–Trinajstić information content (AvgIpc) is 2.63. The average molecular weight is 325 g/mol. The number of nitrogens with one attached hydrogen (secondary N) is 1. The summed E-state index contributed by atoms with van der Waals surface area (Å²) < 4.78 is 5.05. The van der Waals surface area contributed by atoms with Gasteiger partial charge in [-0.15, -0.1) is 0 Å². The van der Waals surface area contributed by atoms with E-state index in [1.54, 1.807) is 18.3 Å². The van der Waals surface area contributed by atoms with E-state index in [0.29, 0.717) is 11.4 Å². The molecule has 1 aliphatic rings. The molecule has 1 aliphatic heterocycles. The topological polar surface area (TPSA) is 54.5 Å². The third-order valence-corrected chi connectivity index (χ3v) is 4.48. The van der Waals surface area contributed by atoms with Crippen LogP contribution in [0.1, 0.15) is 30.1 Å². The molecule has 1 aromatic carbocycles. The van der Waals surface area contributed by atoms with Crippen molar-refractivity contribution in [1.29, 1.82) is 0 Å². The van der Waals surface area contributed by atoms with E-state index in [4.69, 9.17) is 4.74 Å². The molecule has 2 heterocycles. The van der Waals surface area contributed by atoms with Gasteiger partial charge in [-0.2, -0.15) is 0 Å². The van der Waals surface area contributed by atoms with E-state index in [1.807, 2.05) is 12.1 Å². The monoisotopic (exact) mass is 325 g/mol. The van der Waals surface area contributed by atoms with Gasteiger partial charge in [-0.3, -0.25) is 4.79 Å². The van der Waals surface area contributed by atoms with Crippen molar-refractivity contribution in [2.75, 3.05) is 30.4 Å². The highest BCUT2D eigenvalue weighted by molar-refractivity contribution is 6.04. The molecule has 126 valence electrons. The molecule has 2 aromatic rings. The van der Waals surface area contributed by atoms with Gasteiger partial charge in [0.15, 0.2) is 0 Å². The van der Waals surface area contributed by atoms with Crippen LogP contribution in [-0.2, 0) is 0 Å². The molecule has 1 N–H and O–H groups in total. The number of carbonyl (C=O) groups is 1. The van der Waals surface area contributed by atoms with E-state index >= 15 is 0 Å². The molecule has 1 fully saturated rings. The number of hydrogen-bond acceptors (Lipinski definition) is 4. The molecule has 1 aromatic heterocycles. The zero-order valence-corrected chi connectivity index (χ0v) is 14.2. The number of nitrogens with zero attached hydrogens (tertiary/aromatic N) is 2. The zero-order chi connectivity index (χ0) is 16.9. The lowest BCUT2D eigenvalue weighted by atomic mass is 9.99. The smallest absolute Gasteiger partial charge is 0.255 e. The molecular formula is C19H23N3O2. The Hall–Kier alpha value is -2.56. The molecule has 0 atom stereocenters. The first-order valence-electron chi connectivity index (χ1n) is 8.32. The van der Waals surface area contributed by atoms with E-state index in [9.17, 15) is 4.79 Å². The van der Waals surface area contributed by atoms with Gasteiger partial charge in [-0.1, -0.05) is 6.92 Å². The fourth-order valence-electron chi connectivity index (χ4n) is 2.89. The molecule has 1 amide bonds. The molecule has 0 unspecified atom stereocenters. The Kier molecular flexibility index (Phi) is 4.99. The third-order valence-electron chi connectivity index (χ3n) is 4.48. The molecule has 1 saturated heterocycles. The van der Waals surface area contributed by atoms with Crippen LogP contribution >= 0.6 is 0 Å². The largest absolute Gasteiger partial charge is 0.481 e. The van der Waals surface area contributed by atoms with Crippen LogP contribution in [0.5, 0.6) is 5.88 Å². The maximum atomic E-state index is 12.3. The van der Waals surface area contributed by atoms with Crippen molar-refractivity contribution in [3.05, 3.63) is 48.2 Å². The second-order valence-electron chi connectivity index (χ2n) is 6.26. The summed E-state index contributed by atoms with van der Waals surface area (Å²) in [6.45, 7) is 4.51. The molecule has 0 spiro atoms. The summed E-state index contributed by atoms with van der Waals surface area (Å²) in [5.74, 6) is 1.07. The number of aromatic nitrogens is 1. The molecule has 0 bridgehead atoms. The Bertz CT molecular complexity index is 692. The summed E-state index contributed by atoms with van der Waals surface area (Å²) in [6.07, 6.45) is 4.04. The van der Waals surface area contributed by atoms with Crippen molar-refractivity contribution in [1.82, 2.24) is 4.98 Å². The number of ether oxygens (including phenoxy) is 1. The Morgan fingerprint density at radius 2 is 1.92 bits per heavy atom. The SMILES string of the molecule is COc1cc(C(=O)Nc2ccc(N3CCC(C)CC3)cc2)ccn1.